The van der Waals surface area contributed by atoms with Gasteiger partial charge in [0.1, 0.15) is 6.54 Å². The molecule has 25 heavy (non-hydrogen) atoms. The van der Waals surface area contributed by atoms with Crippen molar-refractivity contribution in [2.75, 3.05) is 19.6 Å². The monoisotopic (exact) mass is 366 g/mol. The van der Waals surface area contributed by atoms with Gasteiger partial charge in [0.15, 0.2) is 0 Å². The van der Waals surface area contributed by atoms with Crippen molar-refractivity contribution in [1.29, 1.82) is 0 Å². The number of rotatable bonds is 6. The van der Waals surface area contributed by atoms with Crippen molar-refractivity contribution in [1.82, 2.24) is 9.80 Å². The van der Waals surface area contributed by atoms with Crippen LogP contribution in [-0.2, 0) is 20.8 Å². The van der Waals surface area contributed by atoms with E-state index in [1.807, 2.05) is 29.3 Å². The van der Waals surface area contributed by atoms with Gasteiger partial charge in [0.2, 0.25) is 11.8 Å². The number of carboxylic acids is 1. The number of hydrogen-bond donors (Lipinski definition) is 1. The largest absolute Gasteiger partial charge is 0.480 e. The molecular formula is C18H26N2O4S. The molecule has 2 heterocycles. The number of carboxylic acid groups (broad SMARTS) is 1. The Bertz CT molecular complexity index is 602. The molecule has 7 heteroatoms. The molecule has 0 radical (unpaired) electrons. The zero-order valence-corrected chi connectivity index (χ0v) is 15.6. The van der Waals surface area contributed by atoms with Crippen molar-refractivity contribution >= 4 is 29.1 Å². The van der Waals surface area contributed by atoms with Gasteiger partial charge in [0, 0.05) is 36.9 Å². The minimum Gasteiger partial charge on any atom is -0.480 e. The molecule has 1 aliphatic heterocycles. The van der Waals surface area contributed by atoms with Crippen molar-refractivity contribution in [2.24, 2.45) is 5.92 Å². The predicted molar refractivity (Wildman–Crippen MR) is 96.4 cm³/mol. The molecule has 0 saturated carbocycles. The first-order chi connectivity index (χ1) is 11.9. The molecule has 1 aromatic heterocycles. The van der Waals surface area contributed by atoms with Crippen molar-refractivity contribution in [3.63, 3.8) is 0 Å². The maximum absolute atomic E-state index is 12.7. The van der Waals surface area contributed by atoms with Crippen LogP contribution in [0.4, 0.5) is 0 Å². The van der Waals surface area contributed by atoms with Gasteiger partial charge in [-0.05, 0) is 37.1 Å². The van der Waals surface area contributed by atoms with Crippen LogP contribution in [0.15, 0.2) is 17.5 Å². The number of aliphatic carboxylic acids is 1. The Hall–Kier alpha value is -1.89. The Labute approximate surface area is 152 Å². The van der Waals surface area contributed by atoms with Crippen LogP contribution >= 0.6 is 11.3 Å². The zero-order valence-electron chi connectivity index (χ0n) is 14.8. The van der Waals surface area contributed by atoms with Crippen LogP contribution in [0, 0.1) is 5.92 Å². The Morgan fingerprint density at radius 2 is 2.12 bits per heavy atom. The summed E-state index contributed by atoms with van der Waals surface area (Å²) in [6, 6.07) is 3.93. The molecule has 1 aliphatic rings. The van der Waals surface area contributed by atoms with Gasteiger partial charge in [-0.15, -0.1) is 11.3 Å². The number of hydrogen-bond acceptors (Lipinski definition) is 4. The molecule has 0 spiro atoms. The van der Waals surface area contributed by atoms with E-state index >= 15 is 0 Å². The Kier molecular flexibility index (Phi) is 6.99. The van der Waals surface area contributed by atoms with E-state index in [4.69, 9.17) is 5.11 Å². The fourth-order valence-corrected chi connectivity index (χ4v) is 4.22. The minimum absolute atomic E-state index is 0.0712. The summed E-state index contributed by atoms with van der Waals surface area (Å²) in [5.74, 6) is -1.16. The Balaban J connectivity index is 1.94. The fourth-order valence-electron chi connectivity index (χ4n) is 3.38. The maximum Gasteiger partial charge on any atom is 0.323 e. The highest BCUT2D eigenvalue weighted by atomic mass is 32.1. The molecule has 6 nitrogen and oxygen atoms in total. The number of amides is 2. The molecule has 0 bridgehead atoms. The minimum atomic E-state index is -1.00. The Morgan fingerprint density at radius 1 is 1.36 bits per heavy atom. The first kappa shape index (κ1) is 19.4. The highest BCUT2D eigenvalue weighted by Gasteiger charge is 2.29. The summed E-state index contributed by atoms with van der Waals surface area (Å²) in [6.07, 6.45) is 2.89. The quantitative estimate of drug-likeness (QED) is 0.837. The van der Waals surface area contributed by atoms with Crippen LogP contribution in [0.1, 0.15) is 38.0 Å². The predicted octanol–water partition coefficient (Wildman–Crippen LogP) is 2.24. The van der Waals surface area contributed by atoms with Crippen LogP contribution in [0.5, 0.6) is 0 Å². The van der Waals surface area contributed by atoms with E-state index in [0.717, 1.165) is 19.3 Å². The molecule has 0 aromatic carbocycles. The molecule has 2 atom stereocenters. The molecule has 0 unspecified atom stereocenters. The van der Waals surface area contributed by atoms with E-state index in [1.165, 1.54) is 16.7 Å². The fraction of sp³-hybridized carbons (Fsp3) is 0.611. The number of nitrogens with zero attached hydrogens (tertiary/aromatic N) is 2. The molecule has 1 aromatic rings. The van der Waals surface area contributed by atoms with Gasteiger partial charge in [-0.25, -0.2) is 0 Å². The van der Waals surface area contributed by atoms with Gasteiger partial charge < -0.3 is 14.9 Å². The van der Waals surface area contributed by atoms with Crippen molar-refractivity contribution in [3.05, 3.63) is 22.4 Å². The maximum atomic E-state index is 12.7. The van der Waals surface area contributed by atoms with Gasteiger partial charge in [-0.3, -0.25) is 14.4 Å². The van der Waals surface area contributed by atoms with Crippen LogP contribution in [0.2, 0.25) is 0 Å². The van der Waals surface area contributed by atoms with E-state index < -0.39 is 5.97 Å². The Morgan fingerprint density at radius 3 is 2.72 bits per heavy atom. The topological polar surface area (TPSA) is 77.9 Å². The van der Waals surface area contributed by atoms with E-state index in [1.54, 1.807) is 11.3 Å². The van der Waals surface area contributed by atoms with Gasteiger partial charge in [0.25, 0.3) is 0 Å². The third kappa shape index (κ3) is 5.56. The molecule has 1 fully saturated rings. The number of likely N-dealkylation sites (tertiary alicyclic amines) is 1. The lowest BCUT2D eigenvalue weighted by molar-refractivity contribution is -0.145. The average molecular weight is 366 g/mol. The molecule has 2 rings (SSSR count). The normalized spacial score (nSPS) is 19.1. The standard InChI is InChI=1S/C18H26N2O4S/c1-13(11-16-6-4-10-25-16)18(24)19-8-3-5-15(7-9-19)20(14(2)21)12-17(22)23/h4,6,10,13,15H,3,5,7-9,11-12H2,1-2H3,(H,22,23)/t13-,15-/m0/s1. The van der Waals surface area contributed by atoms with Gasteiger partial charge in [-0.1, -0.05) is 13.0 Å². The smallest absolute Gasteiger partial charge is 0.323 e. The summed E-state index contributed by atoms with van der Waals surface area (Å²) in [5, 5.41) is 11.0. The van der Waals surface area contributed by atoms with E-state index in [9.17, 15) is 14.4 Å². The number of thiophene rings is 1. The van der Waals surface area contributed by atoms with Gasteiger partial charge in [-0.2, -0.15) is 0 Å². The third-order valence-corrected chi connectivity index (χ3v) is 5.57. The number of carbonyl (C=O) groups is 3. The van der Waals surface area contributed by atoms with Crippen molar-refractivity contribution in [3.8, 4) is 0 Å². The molecule has 1 saturated heterocycles. The van der Waals surface area contributed by atoms with E-state index in [0.29, 0.717) is 19.5 Å². The second-order valence-corrected chi connectivity index (χ2v) is 7.67. The number of carbonyl (C=O) groups excluding carboxylic acids is 2. The highest BCUT2D eigenvalue weighted by Crippen LogP contribution is 2.21. The van der Waals surface area contributed by atoms with Crippen LogP contribution in [0.3, 0.4) is 0 Å². The lowest BCUT2D eigenvalue weighted by Gasteiger charge is -2.29. The highest BCUT2D eigenvalue weighted by molar-refractivity contribution is 7.09. The van der Waals surface area contributed by atoms with Crippen LogP contribution < -0.4 is 0 Å². The van der Waals surface area contributed by atoms with Crippen LogP contribution in [-0.4, -0.2) is 58.4 Å². The third-order valence-electron chi connectivity index (χ3n) is 4.67. The summed E-state index contributed by atoms with van der Waals surface area (Å²) < 4.78 is 0. The van der Waals surface area contributed by atoms with E-state index in [-0.39, 0.29) is 30.3 Å². The lowest BCUT2D eigenvalue weighted by atomic mass is 10.1. The second-order valence-electron chi connectivity index (χ2n) is 6.64. The van der Waals surface area contributed by atoms with E-state index in [2.05, 4.69) is 0 Å². The van der Waals surface area contributed by atoms with Crippen LogP contribution in [0.25, 0.3) is 0 Å². The first-order valence-corrected chi connectivity index (χ1v) is 9.56. The van der Waals surface area contributed by atoms with Crippen molar-refractivity contribution < 1.29 is 19.5 Å². The molecule has 0 aliphatic carbocycles. The molecule has 138 valence electrons. The first-order valence-electron chi connectivity index (χ1n) is 8.68. The summed E-state index contributed by atoms with van der Waals surface area (Å²) in [4.78, 5) is 40.0. The molecule has 1 N–H and O–H groups in total. The van der Waals surface area contributed by atoms with Crippen molar-refractivity contribution in [2.45, 2.75) is 45.6 Å². The SMILES string of the molecule is CC(=O)N(CC(=O)O)[C@H]1CCCN(C(=O)[C@@H](C)Cc2cccs2)CC1. The summed E-state index contributed by atoms with van der Waals surface area (Å²) in [7, 11) is 0. The summed E-state index contributed by atoms with van der Waals surface area (Å²) in [5.41, 5.74) is 0. The molecule has 2 amide bonds. The van der Waals surface area contributed by atoms with Gasteiger partial charge in [0.05, 0.1) is 0 Å². The zero-order chi connectivity index (χ0) is 18.4. The second kappa shape index (κ2) is 8.99. The summed E-state index contributed by atoms with van der Waals surface area (Å²) >= 11 is 1.66. The van der Waals surface area contributed by atoms with Gasteiger partial charge >= 0.3 is 5.97 Å². The lowest BCUT2D eigenvalue weighted by Crippen LogP contribution is -2.43. The molecular weight excluding hydrogens is 340 g/mol. The summed E-state index contributed by atoms with van der Waals surface area (Å²) in [6.45, 7) is 4.32. The average Bonchev–Trinajstić information content (AvgIpc) is 2.93.